The Morgan fingerprint density at radius 2 is 1.87 bits per heavy atom. The Morgan fingerprint density at radius 1 is 1.16 bits per heavy atom. The highest BCUT2D eigenvalue weighted by Crippen LogP contribution is 2.31. The van der Waals surface area contributed by atoms with Crippen LogP contribution in [0.3, 0.4) is 0 Å². The van der Waals surface area contributed by atoms with E-state index in [1.807, 2.05) is 11.8 Å². The zero-order valence-corrected chi connectivity index (χ0v) is 17.2. The number of anilines is 1. The van der Waals surface area contributed by atoms with Crippen LogP contribution in [0.5, 0.6) is 0 Å². The molecular weight excluding hydrogens is 421 g/mol. The van der Waals surface area contributed by atoms with E-state index in [-0.39, 0.29) is 30.8 Å². The number of aromatic nitrogens is 1. The van der Waals surface area contributed by atoms with Crippen molar-refractivity contribution in [2.45, 2.75) is 37.5 Å². The summed E-state index contributed by atoms with van der Waals surface area (Å²) in [4.78, 5) is 22.1. The quantitative estimate of drug-likeness (QED) is 0.720. The van der Waals surface area contributed by atoms with Crippen LogP contribution in [-0.2, 0) is 11.0 Å². The Bertz CT molecular complexity index is 794. The van der Waals surface area contributed by atoms with Gasteiger partial charge in [0.05, 0.1) is 18.2 Å². The lowest BCUT2D eigenvalue weighted by Crippen LogP contribution is -2.53. The van der Waals surface area contributed by atoms with Crippen molar-refractivity contribution in [1.82, 2.24) is 20.1 Å². The van der Waals surface area contributed by atoms with Gasteiger partial charge in [-0.3, -0.25) is 9.69 Å². The summed E-state index contributed by atoms with van der Waals surface area (Å²) in [7, 11) is 0. The van der Waals surface area contributed by atoms with Crippen molar-refractivity contribution < 1.29 is 26.7 Å². The van der Waals surface area contributed by atoms with Crippen LogP contribution in [0.1, 0.15) is 18.9 Å². The van der Waals surface area contributed by atoms with E-state index in [0.29, 0.717) is 38.5 Å². The molecule has 3 saturated heterocycles. The minimum atomic E-state index is -4.41. The monoisotopic (exact) mass is 447 g/mol. The Morgan fingerprint density at radius 3 is 2.42 bits per heavy atom. The minimum absolute atomic E-state index is 0.0301. The summed E-state index contributed by atoms with van der Waals surface area (Å²) in [6.45, 7) is 4.72. The number of pyridine rings is 1. The molecule has 1 amide bonds. The van der Waals surface area contributed by atoms with Crippen molar-refractivity contribution in [2.75, 3.05) is 50.7 Å². The molecule has 0 spiro atoms. The SMILES string of the molecule is C[C@@H]1[C@@H](C(=O)N2CCC(F)(F)C2)NC[C@H]1N1CCN(c2ccc(C(F)(F)F)cn2)CC1. The van der Waals surface area contributed by atoms with E-state index in [2.05, 4.69) is 15.2 Å². The first-order valence-electron chi connectivity index (χ1n) is 10.5. The number of carbonyl (C=O) groups is 1. The normalized spacial score (nSPS) is 29.5. The zero-order valence-electron chi connectivity index (χ0n) is 17.2. The van der Waals surface area contributed by atoms with Crippen molar-refractivity contribution in [3.8, 4) is 0 Å². The molecule has 1 aromatic heterocycles. The number of alkyl halides is 5. The number of amides is 1. The van der Waals surface area contributed by atoms with E-state index >= 15 is 0 Å². The molecule has 0 unspecified atom stereocenters. The molecule has 1 aromatic rings. The highest BCUT2D eigenvalue weighted by Gasteiger charge is 2.46. The van der Waals surface area contributed by atoms with Crippen molar-refractivity contribution >= 4 is 11.7 Å². The van der Waals surface area contributed by atoms with E-state index in [0.717, 1.165) is 12.3 Å². The third kappa shape index (κ3) is 4.62. The van der Waals surface area contributed by atoms with Gasteiger partial charge in [0.1, 0.15) is 5.82 Å². The maximum atomic E-state index is 13.5. The summed E-state index contributed by atoms with van der Waals surface area (Å²) in [6.07, 6.45) is -3.85. The molecule has 172 valence electrons. The number of hydrogen-bond acceptors (Lipinski definition) is 5. The van der Waals surface area contributed by atoms with Crippen LogP contribution in [0.4, 0.5) is 27.8 Å². The standard InChI is InChI=1S/C20H26F5N5O/c1-13-15(11-27-17(13)18(31)30-5-4-19(21,22)12-30)28-6-8-29(9-7-28)16-3-2-14(10-26-16)20(23,24)25/h2-3,10,13,15,17,27H,4-9,11-12H2,1H3/t13-,15+,17-/m0/s1. The second-order valence-corrected chi connectivity index (χ2v) is 8.60. The van der Waals surface area contributed by atoms with Gasteiger partial charge in [0.15, 0.2) is 0 Å². The van der Waals surface area contributed by atoms with Gasteiger partial charge in [-0.15, -0.1) is 0 Å². The first-order chi connectivity index (χ1) is 14.5. The van der Waals surface area contributed by atoms with E-state index in [9.17, 15) is 26.7 Å². The zero-order chi connectivity index (χ0) is 22.4. The maximum absolute atomic E-state index is 13.5. The molecule has 11 heteroatoms. The van der Waals surface area contributed by atoms with E-state index in [4.69, 9.17) is 0 Å². The second-order valence-electron chi connectivity index (χ2n) is 8.60. The maximum Gasteiger partial charge on any atom is 0.417 e. The predicted molar refractivity (Wildman–Crippen MR) is 104 cm³/mol. The molecule has 0 radical (unpaired) electrons. The van der Waals surface area contributed by atoms with Crippen LogP contribution < -0.4 is 10.2 Å². The van der Waals surface area contributed by atoms with Gasteiger partial charge >= 0.3 is 6.18 Å². The van der Waals surface area contributed by atoms with Gasteiger partial charge in [0.2, 0.25) is 5.91 Å². The topological polar surface area (TPSA) is 51.7 Å². The molecule has 4 heterocycles. The number of nitrogens with zero attached hydrogens (tertiary/aromatic N) is 4. The van der Waals surface area contributed by atoms with Gasteiger partial charge < -0.3 is 15.1 Å². The number of likely N-dealkylation sites (tertiary alicyclic amines) is 1. The molecule has 3 fully saturated rings. The number of nitrogens with one attached hydrogen (secondary N) is 1. The molecule has 1 N–H and O–H groups in total. The average Bonchev–Trinajstić information content (AvgIpc) is 3.29. The summed E-state index contributed by atoms with van der Waals surface area (Å²) in [5.41, 5.74) is -0.771. The molecule has 0 bridgehead atoms. The minimum Gasteiger partial charge on any atom is -0.354 e. The average molecular weight is 447 g/mol. The van der Waals surface area contributed by atoms with E-state index in [1.165, 1.54) is 11.0 Å². The first-order valence-corrected chi connectivity index (χ1v) is 10.5. The number of hydrogen-bond donors (Lipinski definition) is 1. The first kappa shape index (κ1) is 22.2. The highest BCUT2D eigenvalue weighted by molar-refractivity contribution is 5.83. The Hall–Kier alpha value is -2.01. The Kier molecular flexibility index (Phi) is 5.84. The van der Waals surface area contributed by atoms with Crippen molar-refractivity contribution in [3.63, 3.8) is 0 Å². The third-order valence-electron chi connectivity index (χ3n) is 6.61. The van der Waals surface area contributed by atoms with Crippen LogP contribution in [0.25, 0.3) is 0 Å². The van der Waals surface area contributed by atoms with Crippen molar-refractivity contribution in [2.24, 2.45) is 5.92 Å². The fraction of sp³-hybridized carbons (Fsp3) is 0.700. The van der Waals surface area contributed by atoms with Gasteiger partial charge in [-0.2, -0.15) is 13.2 Å². The molecule has 3 atom stereocenters. The van der Waals surface area contributed by atoms with Crippen LogP contribution in [0, 0.1) is 5.92 Å². The second kappa shape index (κ2) is 8.16. The van der Waals surface area contributed by atoms with E-state index in [1.54, 1.807) is 0 Å². The number of rotatable bonds is 3. The molecule has 3 aliphatic rings. The number of halogens is 5. The lowest BCUT2D eigenvalue weighted by molar-refractivity contribution is -0.138. The third-order valence-corrected chi connectivity index (χ3v) is 6.61. The molecule has 6 nitrogen and oxygen atoms in total. The van der Waals surface area contributed by atoms with Gasteiger partial charge in [-0.05, 0) is 18.1 Å². The highest BCUT2D eigenvalue weighted by atomic mass is 19.4. The van der Waals surface area contributed by atoms with Crippen LogP contribution >= 0.6 is 0 Å². The summed E-state index contributed by atoms with van der Waals surface area (Å²) >= 11 is 0. The molecule has 0 aliphatic carbocycles. The molecule has 0 saturated carbocycles. The van der Waals surface area contributed by atoms with Gasteiger partial charge in [0, 0.05) is 57.9 Å². The van der Waals surface area contributed by atoms with E-state index < -0.39 is 30.2 Å². The molecule has 0 aromatic carbocycles. The summed E-state index contributed by atoms with van der Waals surface area (Å²) in [6, 6.07) is 2.04. The Balaban J connectivity index is 1.31. The summed E-state index contributed by atoms with van der Waals surface area (Å²) in [5, 5.41) is 3.21. The summed E-state index contributed by atoms with van der Waals surface area (Å²) < 4.78 is 65.1. The smallest absolute Gasteiger partial charge is 0.354 e. The lowest BCUT2D eigenvalue weighted by atomic mass is 9.96. The van der Waals surface area contributed by atoms with Crippen LogP contribution in [0.2, 0.25) is 0 Å². The fourth-order valence-electron chi connectivity index (χ4n) is 4.76. The van der Waals surface area contributed by atoms with Crippen LogP contribution in [-0.4, -0.2) is 84.5 Å². The summed E-state index contributed by atoms with van der Waals surface area (Å²) in [5.74, 6) is -2.59. The Labute approximate surface area is 177 Å². The molecule has 3 aliphatic heterocycles. The molecule has 4 rings (SSSR count). The predicted octanol–water partition coefficient (Wildman–Crippen LogP) is 2.07. The van der Waals surface area contributed by atoms with Gasteiger partial charge in [-0.25, -0.2) is 13.8 Å². The van der Waals surface area contributed by atoms with Gasteiger partial charge in [-0.1, -0.05) is 6.92 Å². The van der Waals surface area contributed by atoms with Crippen molar-refractivity contribution in [1.29, 1.82) is 0 Å². The van der Waals surface area contributed by atoms with Crippen LogP contribution in [0.15, 0.2) is 18.3 Å². The fourth-order valence-corrected chi connectivity index (χ4v) is 4.76. The molecular formula is C20H26F5N5O. The van der Waals surface area contributed by atoms with Crippen molar-refractivity contribution in [3.05, 3.63) is 23.9 Å². The molecule has 31 heavy (non-hydrogen) atoms. The largest absolute Gasteiger partial charge is 0.417 e. The lowest BCUT2D eigenvalue weighted by Gasteiger charge is -2.40. The number of carbonyl (C=O) groups excluding carboxylic acids is 1. The number of piperazine rings is 1. The van der Waals surface area contributed by atoms with Gasteiger partial charge in [0.25, 0.3) is 5.92 Å².